The molecule has 1 saturated heterocycles. The lowest BCUT2D eigenvalue weighted by Crippen LogP contribution is -2.37. The van der Waals surface area contributed by atoms with Gasteiger partial charge in [0.2, 0.25) is 0 Å². The fraction of sp³-hybridized carbons (Fsp3) is 0.917. The zero-order valence-corrected chi connectivity index (χ0v) is 10.3. The average molecular weight is 229 g/mol. The van der Waals surface area contributed by atoms with Crippen molar-refractivity contribution in [2.45, 2.75) is 51.7 Å². The highest BCUT2D eigenvalue weighted by atomic mass is 16.6. The quantitative estimate of drug-likeness (QED) is 0.573. The first-order valence-corrected chi connectivity index (χ1v) is 6.22. The van der Waals surface area contributed by atoms with Gasteiger partial charge < -0.3 is 14.8 Å². The maximum atomic E-state index is 11.7. The molecule has 4 nitrogen and oxygen atoms in total. The molecule has 1 unspecified atom stereocenters. The molecule has 1 aliphatic rings. The minimum absolute atomic E-state index is 0.110. The molecule has 1 atom stereocenters. The minimum atomic E-state index is -0.130. The van der Waals surface area contributed by atoms with Crippen molar-refractivity contribution in [1.82, 2.24) is 5.32 Å². The maximum Gasteiger partial charge on any atom is 0.323 e. The summed E-state index contributed by atoms with van der Waals surface area (Å²) in [5, 5.41) is 3.22. The summed E-state index contributed by atoms with van der Waals surface area (Å²) >= 11 is 0. The summed E-state index contributed by atoms with van der Waals surface area (Å²) < 4.78 is 10.5. The van der Waals surface area contributed by atoms with Crippen LogP contribution in [0.4, 0.5) is 0 Å². The van der Waals surface area contributed by atoms with Crippen LogP contribution in [-0.2, 0) is 14.3 Å². The topological polar surface area (TPSA) is 47.6 Å². The molecule has 4 heteroatoms. The van der Waals surface area contributed by atoms with Crippen molar-refractivity contribution >= 4 is 5.97 Å². The molecule has 1 fully saturated rings. The van der Waals surface area contributed by atoms with E-state index >= 15 is 0 Å². The number of rotatable bonds is 5. The van der Waals surface area contributed by atoms with Gasteiger partial charge in [0.25, 0.3) is 0 Å². The fourth-order valence-corrected chi connectivity index (χ4v) is 1.76. The van der Waals surface area contributed by atoms with E-state index in [1.54, 1.807) is 0 Å². The largest absolute Gasteiger partial charge is 0.462 e. The molecule has 0 saturated carbocycles. The van der Waals surface area contributed by atoms with Crippen LogP contribution >= 0.6 is 0 Å². The number of ether oxygens (including phenoxy) is 2. The Morgan fingerprint density at radius 1 is 1.31 bits per heavy atom. The van der Waals surface area contributed by atoms with Crippen LogP contribution in [0.5, 0.6) is 0 Å². The van der Waals surface area contributed by atoms with Gasteiger partial charge in [0.05, 0.1) is 12.7 Å². The van der Waals surface area contributed by atoms with E-state index in [2.05, 4.69) is 5.32 Å². The van der Waals surface area contributed by atoms with Crippen molar-refractivity contribution in [2.75, 3.05) is 19.8 Å². The Hall–Kier alpha value is -0.610. The zero-order valence-electron chi connectivity index (χ0n) is 10.3. The smallest absolute Gasteiger partial charge is 0.323 e. The van der Waals surface area contributed by atoms with Crippen molar-refractivity contribution in [3.63, 3.8) is 0 Å². The molecule has 0 aliphatic carbocycles. The van der Waals surface area contributed by atoms with Crippen molar-refractivity contribution in [3.05, 3.63) is 0 Å². The molecule has 1 rings (SSSR count). The molecule has 0 bridgehead atoms. The van der Waals surface area contributed by atoms with Crippen LogP contribution in [0.25, 0.3) is 0 Å². The number of carbonyl (C=O) groups is 1. The van der Waals surface area contributed by atoms with Crippen molar-refractivity contribution in [1.29, 1.82) is 0 Å². The highest BCUT2D eigenvalue weighted by molar-refractivity contribution is 5.75. The second-order valence-corrected chi connectivity index (χ2v) is 4.44. The number of hydrogen-bond acceptors (Lipinski definition) is 4. The Kier molecular flexibility index (Phi) is 6.42. The molecule has 0 aromatic carbocycles. The summed E-state index contributed by atoms with van der Waals surface area (Å²) in [6.45, 7) is 5.69. The van der Waals surface area contributed by atoms with Crippen LogP contribution in [-0.4, -0.2) is 37.9 Å². The van der Waals surface area contributed by atoms with Crippen LogP contribution in [0.1, 0.15) is 39.5 Å². The van der Waals surface area contributed by atoms with Gasteiger partial charge in [0.1, 0.15) is 12.6 Å². The van der Waals surface area contributed by atoms with Crippen molar-refractivity contribution in [2.24, 2.45) is 0 Å². The lowest BCUT2D eigenvalue weighted by molar-refractivity contribution is -0.148. The van der Waals surface area contributed by atoms with Gasteiger partial charge in [-0.2, -0.15) is 0 Å². The molecular formula is C12H23NO3. The van der Waals surface area contributed by atoms with Gasteiger partial charge in [0, 0.05) is 0 Å². The van der Waals surface area contributed by atoms with Gasteiger partial charge in [-0.15, -0.1) is 0 Å². The molecule has 0 spiro atoms. The summed E-state index contributed by atoms with van der Waals surface area (Å²) in [5.41, 5.74) is 0. The summed E-state index contributed by atoms with van der Waals surface area (Å²) in [6, 6.07) is -0.110. The predicted octanol–water partition coefficient (Wildman–Crippen LogP) is 1.49. The number of esters is 1. The summed E-state index contributed by atoms with van der Waals surface area (Å²) in [4.78, 5) is 11.7. The van der Waals surface area contributed by atoms with Gasteiger partial charge >= 0.3 is 5.97 Å². The molecule has 0 amide bonds. The molecule has 0 aromatic heterocycles. The Morgan fingerprint density at radius 2 is 2.12 bits per heavy atom. The number of hydrogen-bond donors (Lipinski definition) is 1. The van der Waals surface area contributed by atoms with Gasteiger partial charge in [-0.05, 0) is 33.2 Å². The second kappa shape index (κ2) is 7.63. The summed E-state index contributed by atoms with van der Waals surface area (Å²) in [6.07, 6.45) is 4.54. The Labute approximate surface area is 97.7 Å². The van der Waals surface area contributed by atoms with E-state index < -0.39 is 0 Å². The van der Waals surface area contributed by atoms with Crippen molar-refractivity contribution in [3.8, 4) is 0 Å². The zero-order chi connectivity index (χ0) is 11.8. The van der Waals surface area contributed by atoms with Crippen LogP contribution in [0, 0.1) is 0 Å². The first-order valence-electron chi connectivity index (χ1n) is 6.22. The Balaban J connectivity index is 2.13. The summed E-state index contributed by atoms with van der Waals surface area (Å²) in [5.74, 6) is -0.130. The SMILES string of the molecule is CC(C)OCCOC(=O)C1CCCCCN1. The first-order chi connectivity index (χ1) is 7.70. The van der Waals surface area contributed by atoms with Gasteiger partial charge in [0.15, 0.2) is 0 Å². The molecule has 1 aliphatic heterocycles. The highest BCUT2D eigenvalue weighted by Gasteiger charge is 2.20. The molecule has 94 valence electrons. The first kappa shape index (κ1) is 13.5. The normalized spacial score (nSPS) is 21.8. The Bertz CT molecular complexity index is 198. The third-order valence-corrected chi connectivity index (χ3v) is 2.62. The van der Waals surface area contributed by atoms with E-state index in [0.717, 1.165) is 25.8 Å². The fourth-order valence-electron chi connectivity index (χ4n) is 1.76. The maximum absolute atomic E-state index is 11.7. The monoisotopic (exact) mass is 229 g/mol. The van der Waals surface area contributed by atoms with E-state index in [0.29, 0.717) is 13.2 Å². The van der Waals surface area contributed by atoms with Gasteiger partial charge in [-0.3, -0.25) is 4.79 Å². The molecule has 1 heterocycles. The van der Waals surface area contributed by atoms with E-state index in [4.69, 9.17) is 9.47 Å². The molecule has 0 radical (unpaired) electrons. The molecular weight excluding hydrogens is 206 g/mol. The Morgan fingerprint density at radius 3 is 2.88 bits per heavy atom. The average Bonchev–Trinajstić information content (AvgIpc) is 2.52. The van der Waals surface area contributed by atoms with Crippen molar-refractivity contribution < 1.29 is 14.3 Å². The van der Waals surface area contributed by atoms with E-state index in [-0.39, 0.29) is 18.1 Å². The van der Waals surface area contributed by atoms with Crippen LogP contribution in [0.3, 0.4) is 0 Å². The highest BCUT2D eigenvalue weighted by Crippen LogP contribution is 2.09. The van der Waals surface area contributed by atoms with E-state index in [1.807, 2.05) is 13.8 Å². The van der Waals surface area contributed by atoms with Crippen LogP contribution in [0.15, 0.2) is 0 Å². The second-order valence-electron chi connectivity index (χ2n) is 4.44. The summed E-state index contributed by atoms with van der Waals surface area (Å²) in [7, 11) is 0. The third kappa shape index (κ3) is 5.47. The van der Waals surface area contributed by atoms with Gasteiger partial charge in [-0.1, -0.05) is 12.8 Å². The number of nitrogens with one attached hydrogen (secondary N) is 1. The third-order valence-electron chi connectivity index (χ3n) is 2.62. The number of carbonyl (C=O) groups excluding carboxylic acids is 1. The molecule has 16 heavy (non-hydrogen) atoms. The lowest BCUT2D eigenvalue weighted by Gasteiger charge is -2.15. The standard InChI is InChI=1S/C12H23NO3/c1-10(2)15-8-9-16-12(14)11-6-4-3-5-7-13-11/h10-11,13H,3-9H2,1-2H3. The molecule has 0 aromatic rings. The molecule has 1 N–H and O–H groups in total. The van der Waals surface area contributed by atoms with Gasteiger partial charge in [-0.25, -0.2) is 0 Å². The van der Waals surface area contributed by atoms with E-state index in [1.165, 1.54) is 6.42 Å². The van der Waals surface area contributed by atoms with E-state index in [9.17, 15) is 4.79 Å². The van der Waals surface area contributed by atoms with Crippen LogP contribution < -0.4 is 5.32 Å². The minimum Gasteiger partial charge on any atom is -0.462 e. The van der Waals surface area contributed by atoms with Crippen LogP contribution in [0.2, 0.25) is 0 Å². The predicted molar refractivity (Wildman–Crippen MR) is 62.3 cm³/mol. The lowest BCUT2D eigenvalue weighted by atomic mass is 10.1.